The third kappa shape index (κ3) is 4.21. The summed E-state index contributed by atoms with van der Waals surface area (Å²) in [7, 11) is 1.57. The third-order valence-electron chi connectivity index (χ3n) is 4.68. The molecule has 0 aliphatic carbocycles. The number of hydrogen-bond donors (Lipinski definition) is 2. The fourth-order valence-corrected chi connectivity index (χ4v) is 3.22. The molecule has 8 heteroatoms. The number of carbonyl (C=O) groups excluding carboxylic acids is 2. The van der Waals surface area contributed by atoms with Gasteiger partial charge >= 0.3 is 0 Å². The zero-order chi connectivity index (χ0) is 19.4. The van der Waals surface area contributed by atoms with Crippen molar-refractivity contribution in [1.82, 2.24) is 10.6 Å². The van der Waals surface area contributed by atoms with Gasteiger partial charge in [-0.05, 0) is 44.5 Å². The van der Waals surface area contributed by atoms with Gasteiger partial charge in [0.2, 0.25) is 0 Å². The standard InChI is InChI=1S/C19H25N3O5/c1-12(2)20-18(24)15-10-19(27-22-15)11-26-9-8-16(19)21-17(23)13-4-6-14(25-3)7-5-13/h4-7,12,16H,8-11H2,1-3H3,(H,20,24)(H,21,23)/t16-,19+/m1/s1. The first-order valence-electron chi connectivity index (χ1n) is 9.02. The lowest BCUT2D eigenvalue weighted by Gasteiger charge is -2.38. The van der Waals surface area contributed by atoms with Gasteiger partial charge in [0, 0.05) is 24.6 Å². The Hall–Kier alpha value is -2.61. The zero-order valence-corrected chi connectivity index (χ0v) is 15.8. The number of amides is 2. The monoisotopic (exact) mass is 375 g/mol. The van der Waals surface area contributed by atoms with Gasteiger partial charge in [-0.2, -0.15) is 0 Å². The lowest BCUT2D eigenvalue weighted by molar-refractivity contribution is -0.128. The second-order valence-electron chi connectivity index (χ2n) is 7.09. The number of ether oxygens (including phenoxy) is 2. The smallest absolute Gasteiger partial charge is 0.269 e. The Morgan fingerprint density at radius 1 is 1.26 bits per heavy atom. The van der Waals surface area contributed by atoms with Gasteiger partial charge in [0.15, 0.2) is 5.60 Å². The van der Waals surface area contributed by atoms with Gasteiger partial charge in [0.1, 0.15) is 11.5 Å². The summed E-state index contributed by atoms with van der Waals surface area (Å²) in [5.41, 5.74) is -0.0173. The lowest BCUT2D eigenvalue weighted by atomic mass is 9.85. The highest BCUT2D eigenvalue weighted by atomic mass is 16.7. The second-order valence-corrected chi connectivity index (χ2v) is 7.09. The molecule has 2 N–H and O–H groups in total. The van der Waals surface area contributed by atoms with Crippen LogP contribution in [0.15, 0.2) is 29.4 Å². The van der Waals surface area contributed by atoms with Gasteiger partial charge in [0.05, 0.1) is 19.8 Å². The molecule has 0 radical (unpaired) electrons. The Balaban J connectivity index is 1.69. The van der Waals surface area contributed by atoms with Crippen LogP contribution in [0, 0.1) is 0 Å². The molecule has 1 fully saturated rings. The highest BCUT2D eigenvalue weighted by Crippen LogP contribution is 2.33. The van der Waals surface area contributed by atoms with Gasteiger partial charge in [-0.15, -0.1) is 0 Å². The van der Waals surface area contributed by atoms with E-state index >= 15 is 0 Å². The van der Waals surface area contributed by atoms with Crippen LogP contribution in [0.5, 0.6) is 5.75 Å². The summed E-state index contributed by atoms with van der Waals surface area (Å²) in [6, 6.07) is 6.57. The molecule has 1 saturated heterocycles. The van der Waals surface area contributed by atoms with E-state index in [0.717, 1.165) is 0 Å². The van der Waals surface area contributed by atoms with E-state index in [1.54, 1.807) is 31.4 Å². The van der Waals surface area contributed by atoms with Crippen LogP contribution >= 0.6 is 0 Å². The molecular formula is C19H25N3O5. The van der Waals surface area contributed by atoms with Crippen molar-refractivity contribution in [2.45, 2.75) is 44.4 Å². The number of hydrogen-bond acceptors (Lipinski definition) is 6. The molecule has 8 nitrogen and oxygen atoms in total. The number of nitrogens with one attached hydrogen (secondary N) is 2. The predicted octanol–water partition coefficient (Wildman–Crippen LogP) is 1.25. The van der Waals surface area contributed by atoms with Crippen molar-refractivity contribution in [3.8, 4) is 5.75 Å². The average Bonchev–Trinajstić information content (AvgIpc) is 3.08. The van der Waals surface area contributed by atoms with Crippen molar-refractivity contribution in [1.29, 1.82) is 0 Å². The average molecular weight is 375 g/mol. The molecule has 2 heterocycles. The van der Waals surface area contributed by atoms with E-state index in [0.29, 0.717) is 36.5 Å². The normalized spacial score (nSPS) is 24.3. The van der Waals surface area contributed by atoms with E-state index in [9.17, 15) is 9.59 Å². The van der Waals surface area contributed by atoms with Crippen molar-refractivity contribution in [2.75, 3.05) is 20.3 Å². The quantitative estimate of drug-likeness (QED) is 0.807. The van der Waals surface area contributed by atoms with Crippen molar-refractivity contribution in [3.63, 3.8) is 0 Å². The van der Waals surface area contributed by atoms with Crippen LogP contribution in [-0.4, -0.2) is 55.5 Å². The fraction of sp³-hybridized carbons (Fsp3) is 0.526. The van der Waals surface area contributed by atoms with Crippen LogP contribution in [-0.2, 0) is 14.4 Å². The predicted molar refractivity (Wildman–Crippen MR) is 98.8 cm³/mol. The van der Waals surface area contributed by atoms with E-state index < -0.39 is 5.60 Å². The maximum Gasteiger partial charge on any atom is 0.269 e. The van der Waals surface area contributed by atoms with E-state index in [1.165, 1.54) is 0 Å². The molecule has 0 saturated carbocycles. The highest BCUT2D eigenvalue weighted by molar-refractivity contribution is 6.39. The van der Waals surface area contributed by atoms with Gasteiger partial charge in [-0.1, -0.05) is 5.16 Å². The molecule has 1 spiro atoms. The van der Waals surface area contributed by atoms with Gasteiger partial charge in [-0.25, -0.2) is 0 Å². The molecule has 2 amide bonds. The van der Waals surface area contributed by atoms with E-state index in [4.69, 9.17) is 14.3 Å². The first-order valence-corrected chi connectivity index (χ1v) is 9.02. The van der Waals surface area contributed by atoms with Crippen LogP contribution in [0.25, 0.3) is 0 Å². The Kier molecular flexibility index (Phi) is 5.65. The molecule has 3 rings (SSSR count). The molecule has 1 aromatic rings. The SMILES string of the molecule is COc1ccc(C(=O)N[C@@H]2CCOC[C@@]23CC(C(=O)NC(C)C)=NO3)cc1. The summed E-state index contributed by atoms with van der Waals surface area (Å²) in [5.74, 6) is 0.211. The third-order valence-corrected chi connectivity index (χ3v) is 4.68. The maximum atomic E-state index is 12.6. The first-order chi connectivity index (χ1) is 12.9. The zero-order valence-electron chi connectivity index (χ0n) is 15.8. The minimum absolute atomic E-state index is 0.00456. The van der Waals surface area contributed by atoms with Crippen molar-refractivity contribution in [2.24, 2.45) is 5.16 Å². The number of oxime groups is 1. The number of benzene rings is 1. The molecule has 2 atom stereocenters. The van der Waals surface area contributed by atoms with E-state index in [-0.39, 0.29) is 30.5 Å². The molecule has 2 aliphatic heterocycles. The summed E-state index contributed by atoms with van der Waals surface area (Å²) < 4.78 is 10.7. The number of rotatable bonds is 5. The maximum absolute atomic E-state index is 12.6. The van der Waals surface area contributed by atoms with Crippen molar-refractivity contribution < 1.29 is 23.9 Å². The molecule has 2 aliphatic rings. The Labute approximate surface area is 158 Å². The number of methoxy groups -OCH3 is 1. The molecule has 0 aromatic heterocycles. The second kappa shape index (κ2) is 7.96. The van der Waals surface area contributed by atoms with Crippen LogP contribution < -0.4 is 15.4 Å². The highest BCUT2D eigenvalue weighted by Gasteiger charge is 2.50. The molecule has 0 unspecified atom stereocenters. The number of nitrogens with zero attached hydrogens (tertiary/aromatic N) is 1. The van der Waals surface area contributed by atoms with Crippen LogP contribution in [0.2, 0.25) is 0 Å². The summed E-state index contributed by atoms with van der Waals surface area (Å²) in [5, 5.41) is 9.80. The minimum Gasteiger partial charge on any atom is -0.497 e. The topological polar surface area (TPSA) is 98.2 Å². The summed E-state index contributed by atoms with van der Waals surface area (Å²) >= 11 is 0. The Morgan fingerprint density at radius 3 is 2.67 bits per heavy atom. The summed E-state index contributed by atoms with van der Waals surface area (Å²) in [6.07, 6.45) is 0.871. The van der Waals surface area contributed by atoms with Crippen LogP contribution in [0.1, 0.15) is 37.0 Å². The van der Waals surface area contributed by atoms with Gasteiger partial charge < -0.3 is 24.9 Å². The minimum atomic E-state index is -0.857. The van der Waals surface area contributed by atoms with E-state index in [2.05, 4.69) is 15.8 Å². The van der Waals surface area contributed by atoms with Crippen LogP contribution in [0.3, 0.4) is 0 Å². The Morgan fingerprint density at radius 2 is 2.00 bits per heavy atom. The van der Waals surface area contributed by atoms with E-state index in [1.807, 2.05) is 13.8 Å². The first kappa shape index (κ1) is 19.2. The molecular weight excluding hydrogens is 350 g/mol. The summed E-state index contributed by atoms with van der Waals surface area (Å²) in [4.78, 5) is 30.5. The van der Waals surface area contributed by atoms with Gasteiger partial charge in [-0.3, -0.25) is 9.59 Å². The van der Waals surface area contributed by atoms with Crippen molar-refractivity contribution in [3.05, 3.63) is 29.8 Å². The largest absolute Gasteiger partial charge is 0.497 e. The molecule has 1 aromatic carbocycles. The molecule has 0 bridgehead atoms. The number of carbonyl (C=O) groups is 2. The lowest BCUT2D eigenvalue weighted by Crippen LogP contribution is -2.59. The molecule has 27 heavy (non-hydrogen) atoms. The fourth-order valence-electron chi connectivity index (χ4n) is 3.22. The Bertz CT molecular complexity index is 731. The van der Waals surface area contributed by atoms with Gasteiger partial charge in [0.25, 0.3) is 11.8 Å². The van der Waals surface area contributed by atoms with Crippen LogP contribution in [0.4, 0.5) is 0 Å². The molecule has 146 valence electrons. The van der Waals surface area contributed by atoms with Crippen molar-refractivity contribution >= 4 is 17.5 Å². The summed E-state index contributed by atoms with van der Waals surface area (Å²) in [6.45, 7) is 4.53.